The van der Waals surface area contributed by atoms with E-state index in [9.17, 15) is 0 Å². The second-order valence-electron chi connectivity index (χ2n) is 12.7. The minimum Gasteiger partial charge on any atom is -0.404 e. The SMILES string of the molecule is CC(C)C[C@@H](B1O[C@@H]2CC3C[C@H](C3(C)C)[C@]2(C)O1)N([Si](C)(C)C)[Si](C)(C)C. The van der Waals surface area contributed by atoms with Crippen LogP contribution in [0.25, 0.3) is 0 Å². The molecule has 2 bridgehead atoms. The summed E-state index contributed by atoms with van der Waals surface area (Å²) >= 11 is 0. The molecule has 3 aliphatic carbocycles. The molecule has 1 heterocycles. The van der Waals surface area contributed by atoms with Gasteiger partial charge in [-0.05, 0) is 49.4 Å². The number of rotatable bonds is 6. The van der Waals surface area contributed by atoms with Crippen molar-refractivity contribution in [3.05, 3.63) is 0 Å². The van der Waals surface area contributed by atoms with Gasteiger partial charge >= 0.3 is 7.12 Å². The molecule has 0 aromatic rings. The molecule has 5 atom stereocenters. The number of hydrogen-bond donors (Lipinski definition) is 0. The van der Waals surface area contributed by atoms with Gasteiger partial charge in [-0.1, -0.05) is 67.0 Å². The normalized spacial score (nSPS) is 36.8. The summed E-state index contributed by atoms with van der Waals surface area (Å²) < 4.78 is 16.7. The van der Waals surface area contributed by atoms with Gasteiger partial charge in [-0.25, -0.2) is 0 Å². The van der Waals surface area contributed by atoms with Crippen LogP contribution in [0.2, 0.25) is 39.3 Å². The van der Waals surface area contributed by atoms with Gasteiger partial charge in [0.25, 0.3) is 0 Å². The molecule has 156 valence electrons. The molecule has 3 saturated carbocycles. The summed E-state index contributed by atoms with van der Waals surface area (Å²) in [7, 11) is -3.04. The Balaban J connectivity index is 1.91. The van der Waals surface area contributed by atoms with Crippen molar-refractivity contribution in [2.24, 2.45) is 23.2 Å². The Kier molecular flexibility index (Phi) is 5.47. The molecule has 0 spiro atoms. The minimum absolute atomic E-state index is 0.0593. The maximum absolute atomic E-state index is 6.95. The van der Waals surface area contributed by atoms with Crippen LogP contribution in [0, 0.1) is 23.2 Å². The van der Waals surface area contributed by atoms with E-state index in [0.717, 1.165) is 5.92 Å². The van der Waals surface area contributed by atoms with Crippen LogP contribution in [-0.4, -0.2) is 45.5 Å². The molecule has 1 unspecified atom stereocenters. The summed E-state index contributed by atoms with van der Waals surface area (Å²) in [5, 5.41) is 0. The first kappa shape index (κ1) is 22.1. The highest BCUT2D eigenvalue weighted by Gasteiger charge is 2.69. The molecule has 4 aliphatic rings. The van der Waals surface area contributed by atoms with E-state index in [1.54, 1.807) is 0 Å². The van der Waals surface area contributed by atoms with Crippen LogP contribution in [0.3, 0.4) is 0 Å². The van der Waals surface area contributed by atoms with Gasteiger partial charge in [0.1, 0.15) is 16.5 Å². The fourth-order valence-electron chi connectivity index (χ4n) is 6.89. The highest BCUT2D eigenvalue weighted by atomic mass is 28.4. The lowest BCUT2D eigenvalue weighted by atomic mass is 9.43. The maximum atomic E-state index is 6.95. The molecule has 0 radical (unpaired) electrons. The van der Waals surface area contributed by atoms with Crippen molar-refractivity contribution < 1.29 is 9.31 Å². The van der Waals surface area contributed by atoms with Crippen LogP contribution in [0.15, 0.2) is 0 Å². The van der Waals surface area contributed by atoms with Crippen LogP contribution in [0.1, 0.15) is 53.9 Å². The average Bonchev–Trinajstić information content (AvgIpc) is 2.79. The zero-order valence-corrected chi connectivity index (χ0v) is 21.8. The highest BCUT2D eigenvalue weighted by molar-refractivity contribution is 6.90. The molecule has 4 fully saturated rings. The Morgan fingerprint density at radius 3 is 2.00 bits per heavy atom. The molecule has 0 amide bonds. The van der Waals surface area contributed by atoms with Gasteiger partial charge in [0.2, 0.25) is 0 Å². The first-order valence-corrected chi connectivity index (χ1v) is 18.1. The van der Waals surface area contributed by atoms with Crippen LogP contribution in [0.4, 0.5) is 0 Å². The van der Waals surface area contributed by atoms with Gasteiger partial charge in [-0.2, -0.15) is 0 Å². The van der Waals surface area contributed by atoms with E-state index in [2.05, 4.69) is 78.1 Å². The fourth-order valence-corrected chi connectivity index (χ4v) is 17.4. The fraction of sp³-hybridized carbons (Fsp3) is 1.00. The van der Waals surface area contributed by atoms with Crippen molar-refractivity contribution in [2.45, 2.75) is 111 Å². The Hall–Kier alpha value is 0.379. The van der Waals surface area contributed by atoms with E-state index < -0.39 is 16.5 Å². The van der Waals surface area contributed by atoms with Crippen LogP contribution in [0.5, 0.6) is 0 Å². The van der Waals surface area contributed by atoms with E-state index in [-0.39, 0.29) is 12.7 Å². The molecule has 4 rings (SSSR count). The molecule has 0 aromatic heterocycles. The Bertz CT molecular complexity index is 558. The Morgan fingerprint density at radius 1 is 1.00 bits per heavy atom. The van der Waals surface area contributed by atoms with Crippen molar-refractivity contribution in [3.8, 4) is 0 Å². The summed E-state index contributed by atoms with van der Waals surface area (Å²) in [6.45, 7) is 27.0. The third-order valence-corrected chi connectivity index (χ3v) is 15.4. The molecule has 0 N–H and O–H groups in total. The van der Waals surface area contributed by atoms with Gasteiger partial charge < -0.3 is 13.5 Å². The molecule has 6 heteroatoms. The maximum Gasteiger partial charge on any atom is 0.474 e. The second-order valence-corrected chi connectivity index (χ2v) is 22.8. The quantitative estimate of drug-likeness (QED) is 0.530. The zero-order valence-electron chi connectivity index (χ0n) is 19.8. The van der Waals surface area contributed by atoms with Gasteiger partial charge in [0.05, 0.1) is 11.7 Å². The Labute approximate surface area is 171 Å². The number of nitrogens with zero attached hydrogens (tertiary/aromatic N) is 1. The predicted molar refractivity (Wildman–Crippen MR) is 122 cm³/mol. The summed E-state index contributed by atoms with van der Waals surface area (Å²) in [5.74, 6) is 2.51. The second kappa shape index (κ2) is 6.69. The first-order chi connectivity index (χ1) is 12.1. The predicted octanol–water partition coefficient (Wildman–Crippen LogP) is 5.64. The van der Waals surface area contributed by atoms with E-state index in [1.165, 1.54) is 19.3 Å². The lowest BCUT2D eigenvalue weighted by Gasteiger charge is -2.64. The molecule has 3 nitrogen and oxygen atoms in total. The lowest BCUT2D eigenvalue weighted by Crippen LogP contribution is -2.68. The van der Waals surface area contributed by atoms with Crippen LogP contribution < -0.4 is 0 Å². The highest BCUT2D eigenvalue weighted by Crippen LogP contribution is 2.66. The summed E-state index contributed by atoms with van der Waals surface area (Å²) in [4.78, 5) is 0. The molecule has 1 aliphatic heterocycles. The van der Waals surface area contributed by atoms with Crippen molar-refractivity contribution in [1.82, 2.24) is 4.23 Å². The monoisotopic (exact) mass is 409 g/mol. The van der Waals surface area contributed by atoms with Crippen LogP contribution >= 0.6 is 0 Å². The molecule has 27 heavy (non-hydrogen) atoms. The molecule has 1 saturated heterocycles. The Morgan fingerprint density at radius 2 is 1.56 bits per heavy atom. The first-order valence-electron chi connectivity index (χ1n) is 11.2. The van der Waals surface area contributed by atoms with Gasteiger partial charge in [0, 0.05) is 5.94 Å². The molecule has 0 aromatic carbocycles. The molecular weight excluding hydrogens is 365 g/mol. The standard InChI is InChI=1S/C21H44BNO2Si2/c1-15(2)12-19(23(26(6,7)8)27(9,10)11)22-24-18-14-16-13-17(20(16,3)4)21(18,5)25-22/h15-19H,12-14H2,1-11H3/t16?,17-,18-,19+,21+/m1/s1. The topological polar surface area (TPSA) is 21.7 Å². The summed E-state index contributed by atoms with van der Waals surface area (Å²) in [5.41, 5.74) is 0.316. The summed E-state index contributed by atoms with van der Waals surface area (Å²) in [6, 6.07) is 0. The van der Waals surface area contributed by atoms with Crippen molar-refractivity contribution in [2.75, 3.05) is 0 Å². The zero-order chi connectivity index (χ0) is 20.6. The average molecular weight is 410 g/mol. The summed E-state index contributed by atoms with van der Waals surface area (Å²) in [6.07, 6.45) is 3.97. The third-order valence-electron chi connectivity index (χ3n) is 7.77. The van der Waals surface area contributed by atoms with E-state index in [0.29, 0.717) is 29.3 Å². The smallest absolute Gasteiger partial charge is 0.404 e. The number of hydrogen-bond acceptors (Lipinski definition) is 3. The van der Waals surface area contributed by atoms with E-state index in [4.69, 9.17) is 9.31 Å². The third kappa shape index (κ3) is 3.67. The molecular formula is C21H44BNO2Si2. The largest absolute Gasteiger partial charge is 0.474 e. The van der Waals surface area contributed by atoms with Gasteiger partial charge in [-0.15, -0.1) is 0 Å². The van der Waals surface area contributed by atoms with Crippen LogP contribution in [-0.2, 0) is 9.31 Å². The van der Waals surface area contributed by atoms with Gasteiger partial charge in [0.15, 0.2) is 0 Å². The minimum atomic E-state index is -1.49. The van der Waals surface area contributed by atoms with Gasteiger partial charge in [-0.3, -0.25) is 0 Å². The van der Waals surface area contributed by atoms with Crippen molar-refractivity contribution in [1.29, 1.82) is 0 Å². The van der Waals surface area contributed by atoms with E-state index in [1.807, 2.05) is 0 Å². The van der Waals surface area contributed by atoms with Crippen molar-refractivity contribution >= 4 is 23.6 Å². The van der Waals surface area contributed by atoms with E-state index >= 15 is 0 Å². The lowest BCUT2D eigenvalue weighted by molar-refractivity contribution is -0.199. The van der Waals surface area contributed by atoms with Crippen molar-refractivity contribution in [3.63, 3.8) is 0 Å².